The van der Waals surface area contributed by atoms with Crippen LogP contribution < -0.4 is 9.80 Å². The number of aromatic carboxylic acids is 1. The van der Waals surface area contributed by atoms with Gasteiger partial charge in [-0.3, -0.25) is 4.90 Å². The number of fused-ring (bicyclic) bond motifs is 2. The van der Waals surface area contributed by atoms with E-state index in [1.807, 2.05) is 53.4 Å². The van der Waals surface area contributed by atoms with E-state index in [2.05, 4.69) is 22.9 Å². The number of aromatic nitrogens is 1. The summed E-state index contributed by atoms with van der Waals surface area (Å²) in [6, 6.07) is 17.7. The minimum absolute atomic E-state index is 0.0136. The van der Waals surface area contributed by atoms with Gasteiger partial charge in [0.25, 0.3) is 0 Å². The van der Waals surface area contributed by atoms with Crippen LogP contribution in [0.5, 0.6) is 0 Å². The Kier molecular flexibility index (Phi) is 6.24. The van der Waals surface area contributed by atoms with Crippen molar-refractivity contribution in [2.45, 2.75) is 44.9 Å². The molecule has 3 aromatic rings. The van der Waals surface area contributed by atoms with Gasteiger partial charge in [-0.25, -0.2) is 14.6 Å². The lowest BCUT2D eigenvalue weighted by Crippen LogP contribution is -2.51. The van der Waals surface area contributed by atoms with Crippen LogP contribution in [0.15, 0.2) is 60.0 Å². The maximum atomic E-state index is 13.4. The van der Waals surface area contributed by atoms with Crippen LogP contribution in [0.3, 0.4) is 0 Å². The van der Waals surface area contributed by atoms with E-state index in [-0.39, 0.29) is 36.4 Å². The van der Waals surface area contributed by atoms with Crippen LogP contribution in [0.25, 0.3) is 0 Å². The van der Waals surface area contributed by atoms with Crippen LogP contribution in [0, 0.1) is 5.92 Å². The Morgan fingerprint density at radius 2 is 1.91 bits per heavy atom. The summed E-state index contributed by atoms with van der Waals surface area (Å²) in [7, 11) is 0. The molecule has 3 atom stereocenters. The van der Waals surface area contributed by atoms with Crippen LogP contribution in [0.1, 0.15) is 53.8 Å². The molecule has 2 aliphatic rings. The van der Waals surface area contributed by atoms with Crippen LogP contribution in [-0.2, 0) is 11.3 Å². The predicted molar refractivity (Wildman–Crippen MR) is 132 cm³/mol. The van der Waals surface area contributed by atoms with Gasteiger partial charge in [0.15, 0.2) is 10.8 Å². The normalized spacial score (nSPS) is 21.0. The zero-order valence-corrected chi connectivity index (χ0v) is 19.8. The standard InChI is InChI=1S/C26H27N3O4S/c1-2-28(25-27-20(16-34-25)24(30)31)23-18-11-6-7-13-21(18)29(22-14-8-12-19(22)23)26(32)33-15-17-9-4-3-5-10-17/h3-7,9-11,13,16,19,22-23H,2,8,12,14-15H2,1H3,(H,30,31)/t19-,22+,23-/m0/s1. The number of amides is 1. The number of hydrogen-bond donors (Lipinski definition) is 1. The molecule has 176 valence electrons. The van der Waals surface area contributed by atoms with Crippen molar-refractivity contribution in [1.29, 1.82) is 0 Å². The summed E-state index contributed by atoms with van der Waals surface area (Å²) in [5.74, 6) is -0.815. The number of nitrogens with zero attached hydrogens (tertiary/aromatic N) is 3. The molecular formula is C26H27N3O4S. The van der Waals surface area contributed by atoms with Gasteiger partial charge in [0.05, 0.1) is 11.7 Å². The van der Waals surface area contributed by atoms with Crippen molar-refractivity contribution in [3.63, 3.8) is 0 Å². The number of rotatable bonds is 6. The fraction of sp³-hybridized carbons (Fsp3) is 0.346. The molecule has 0 unspecified atom stereocenters. The van der Waals surface area contributed by atoms with Gasteiger partial charge in [0.2, 0.25) is 0 Å². The van der Waals surface area contributed by atoms with Crippen molar-refractivity contribution in [3.8, 4) is 0 Å². The fourth-order valence-corrected chi connectivity index (χ4v) is 6.29. The highest BCUT2D eigenvalue weighted by Crippen LogP contribution is 2.51. The topological polar surface area (TPSA) is 83.0 Å². The molecule has 1 aliphatic carbocycles. The van der Waals surface area contributed by atoms with Crippen LogP contribution >= 0.6 is 11.3 Å². The quantitative estimate of drug-likeness (QED) is 0.488. The molecule has 0 spiro atoms. The Labute approximate surface area is 202 Å². The monoisotopic (exact) mass is 477 g/mol. The Morgan fingerprint density at radius 3 is 2.65 bits per heavy atom. The van der Waals surface area contributed by atoms with Gasteiger partial charge in [-0.15, -0.1) is 11.3 Å². The second kappa shape index (κ2) is 9.46. The summed E-state index contributed by atoms with van der Waals surface area (Å²) in [5, 5.41) is 11.7. The van der Waals surface area contributed by atoms with Crippen molar-refractivity contribution in [2.75, 3.05) is 16.3 Å². The van der Waals surface area contributed by atoms with Crippen LogP contribution in [0.2, 0.25) is 0 Å². The number of carboxylic acid groups (broad SMARTS) is 1. The largest absolute Gasteiger partial charge is 0.476 e. The number of ether oxygens (including phenoxy) is 1. The minimum Gasteiger partial charge on any atom is -0.476 e. The first-order valence-corrected chi connectivity index (χ1v) is 12.5. The van der Waals surface area contributed by atoms with Crippen molar-refractivity contribution >= 4 is 34.2 Å². The molecule has 2 heterocycles. The molecule has 1 aliphatic heterocycles. The summed E-state index contributed by atoms with van der Waals surface area (Å²) in [6.07, 6.45) is 2.60. The maximum Gasteiger partial charge on any atom is 0.414 e. The third kappa shape index (κ3) is 4.03. The van der Waals surface area contributed by atoms with Gasteiger partial charge in [-0.1, -0.05) is 55.0 Å². The van der Waals surface area contributed by atoms with E-state index < -0.39 is 5.97 Å². The molecule has 1 amide bonds. The van der Waals surface area contributed by atoms with E-state index >= 15 is 0 Å². The van der Waals surface area contributed by atoms with Crippen molar-refractivity contribution in [3.05, 3.63) is 76.8 Å². The molecule has 2 aromatic carbocycles. The number of benzene rings is 2. The van der Waals surface area contributed by atoms with Gasteiger partial charge in [0, 0.05) is 23.9 Å². The third-order valence-corrected chi connectivity index (χ3v) is 7.70. The van der Waals surface area contributed by atoms with Crippen molar-refractivity contribution in [2.24, 2.45) is 5.92 Å². The molecule has 0 radical (unpaired) electrons. The number of carbonyl (C=O) groups excluding carboxylic acids is 1. The Hall–Kier alpha value is -3.39. The summed E-state index contributed by atoms with van der Waals surface area (Å²) in [5.41, 5.74) is 2.94. The van der Waals surface area contributed by atoms with E-state index in [4.69, 9.17) is 4.74 Å². The minimum atomic E-state index is -1.02. The van der Waals surface area contributed by atoms with Gasteiger partial charge in [0.1, 0.15) is 6.61 Å². The smallest absolute Gasteiger partial charge is 0.414 e. The molecule has 7 nitrogen and oxygen atoms in total. The Bertz CT molecular complexity index is 1180. The first kappa shape index (κ1) is 22.4. The number of hydrogen-bond acceptors (Lipinski definition) is 6. The third-order valence-electron chi connectivity index (χ3n) is 6.82. The maximum absolute atomic E-state index is 13.4. The molecule has 5 rings (SSSR count). The zero-order chi connectivity index (χ0) is 23.7. The number of anilines is 2. The molecule has 8 heteroatoms. The number of carbonyl (C=O) groups is 2. The SMILES string of the molecule is CCN(c1nc(C(=O)O)cs1)[C@H]1c2ccccc2N(C(=O)OCc2ccccc2)[C@@H]2CCC[C@@H]21. The first-order valence-electron chi connectivity index (χ1n) is 11.6. The van der Waals surface area contributed by atoms with Crippen LogP contribution in [0.4, 0.5) is 15.6 Å². The molecule has 1 aromatic heterocycles. The lowest BCUT2D eigenvalue weighted by atomic mass is 9.82. The molecule has 0 saturated heterocycles. The summed E-state index contributed by atoms with van der Waals surface area (Å²) in [6.45, 7) is 2.99. The summed E-state index contributed by atoms with van der Waals surface area (Å²) < 4.78 is 5.77. The van der Waals surface area contributed by atoms with Gasteiger partial charge in [-0.05, 0) is 37.0 Å². The second-order valence-electron chi connectivity index (χ2n) is 8.68. The Morgan fingerprint density at radius 1 is 1.15 bits per heavy atom. The highest BCUT2D eigenvalue weighted by Gasteiger charge is 2.48. The van der Waals surface area contributed by atoms with Gasteiger partial charge < -0.3 is 14.7 Å². The number of carboxylic acids is 1. The van der Waals surface area contributed by atoms with Gasteiger partial charge >= 0.3 is 12.1 Å². The molecule has 1 fully saturated rings. The number of para-hydroxylation sites is 1. The fourth-order valence-electron chi connectivity index (χ4n) is 5.39. The van der Waals surface area contributed by atoms with Crippen molar-refractivity contribution < 1.29 is 19.4 Å². The van der Waals surface area contributed by atoms with E-state index in [9.17, 15) is 14.7 Å². The first-order chi connectivity index (χ1) is 16.6. The van der Waals surface area contributed by atoms with Crippen LogP contribution in [-0.4, -0.2) is 34.7 Å². The Balaban J connectivity index is 1.49. The van der Waals surface area contributed by atoms with E-state index in [0.29, 0.717) is 11.7 Å². The molecular weight excluding hydrogens is 450 g/mol. The van der Waals surface area contributed by atoms with E-state index in [0.717, 1.165) is 36.1 Å². The molecule has 0 bridgehead atoms. The highest BCUT2D eigenvalue weighted by atomic mass is 32.1. The lowest BCUT2D eigenvalue weighted by Gasteiger charge is -2.46. The van der Waals surface area contributed by atoms with Gasteiger partial charge in [-0.2, -0.15) is 0 Å². The summed E-state index contributed by atoms with van der Waals surface area (Å²) in [4.78, 5) is 33.3. The average molecular weight is 478 g/mol. The lowest BCUT2D eigenvalue weighted by molar-refractivity contribution is 0.0691. The average Bonchev–Trinajstić information content (AvgIpc) is 3.54. The number of thiazole rings is 1. The second-order valence-corrected chi connectivity index (χ2v) is 9.52. The molecule has 1 N–H and O–H groups in total. The van der Waals surface area contributed by atoms with Crippen molar-refractivity contribution in [1.82, 2.24) is 4.98 Å². The molecule has 34 heavy (non-hydrogen) atoms. The van der Waals surface area contributed by atoms with E-state index in [1.165, 1.54) is 11.3 Å². The molecule has 1 saturated carbocycles. The zero-order valence-electron chi connectivity index (χ0n) is 19.0. The predicted octanol–water partition coefficient (Wildman–Crippen LogP) is 5.73. The van der Waals surface area contributed by atoms with E-state index in [1.54, 1.807) is 5.38 Å². The highest BCUT2D eigenvalue weighted by molar-refractivity contribution is 7.13. The summed E-state index contributed by atoms with van der Waals surface area (Å²) >= 11 is 1.35.